The minimum Gasteiger partial charge on any atom is -0.478 e. The van der Waals surface area contributed by atoms with Crippen molar-refractivity contribution in [2.75, 3.05) is 10.6 Å². The van der Waals surface area contributed by atoms with Gasteiger partial charge in [-0.05, 0) is 34.1 Å². The van der Waals surface area contributed by atoms with E-state index < -0.39 is 12.0 Å². The molecule has 1 aromatic heterocycles. The van der Waals surface area contributed by atoms with Gasteiger partial charge in [0.2, 0.25) is 0 Å². The molecule has 1 aromatic carbocycles. The van der Waals surface area contributed by atoms with Crippen molar-refractivity contribution < 1.29 is 14.7 Å². The number of anilines is 2. The van der Waals surface area contributed by atoms with Crippen molar-refractivity contribution in [2.45, 2.75) is 0 Å². The topological polar surface area (TPSA) is 104 Å². The number of benzene rings is 1. The minimum absolute atomic E-state index is 0.129. The number of carboxylic acids is 1. The lowest BCUT2D eigenvalue weighted by atomic mass is 10.2. The number of aromatic carboxylic acids is 1. The first-order valence-electron chi connectivity index (χ1n) is 4.94. The van der Waals surface area contributed by atoms with E-state index in [0.717, 1.165) is 11.5 Å². The Morgan fingerprint density at radius 2 is 2.11 bits per heavy atom. The van der Waals surface area contributed by atoms with Crippen LogP contribution in [-0.2, 0) is 0 Å². The van der Waals surface area contributed by atoms with Crippen molar-refractivity contribution in [1.82, 2.24) is 9.59 Å². The summed E-state index contributed by atoms with van der Waals surface area (Å²) in [6, 6.07) is 3.84. The molecule has 0 aliphatic rings. The van der Waals surface area contributed by atoms with E-state index in [1.807, 2.05) is 0 Å². The van der Waals surface area contributed by atoms with Crippen LogP contribution in [-0.4, -0.2) is 26.7 Å². The first-order chi connectivity index (χ1) is 9.06. The molecule has 3 N–H and O–H groups in total. The SMILES string of the molecule is O=C(Nc1cnns1)Nc1ccc(C(=O)O)cc1Br. The summed E-state index contributed by atoms with van der Waals surface area (Å²) in [5, 5.41) is 18.0. The third-order valence-electron chi connectivity index (χ3n) is 2.06. The average Bonchev–Trinajstić information content (AvgIpc) is 2.84. The van der Waals surface area contributed by atoms with E-state index >= 15 is 0 Å². The zero-order chi connectivity index (χ0) is 13.8. The Labute approximate surface area is 119 Å². The summed E-state index contributed by atoms with van der Waals surface area (Å²) in [4.78, 5) is 22.4. The molecule has 7 nitrogen and oxygen atoms in total. The van der Waals surface area contributed by atoms with Gasteiger partial charge in [0.15, 0.2) is 0 Å². The van der Waals surface area contributed by atoms with Crippen LogP contribution in [0.2, 0.25) is 0 Å². The number of nitrogens with zero attached hydrogens (tertiary/aromatic N) is 2. The fourth-order valence-electron chi connectivity index (χ4n) is 1.24. The van der Waals surface area contributed by atoms with Crippen molar-refractivity contribution in [2.24, 2.45) is 0 Å². The summed E-state index contributed by atoms with van der Waals surface area (Å²) in [5.41, 5.74) is 0.587. The normalized spacial score (nSPS) is 9.95. The molecule has 0 aliphatic carbocycles. The summed E-state index contributed by atoms with van der Waals surface area (Å²) in [6.07, 6.45) is 1.42. The van der Waals surface area contributed by atoms with E-state index in [9.17, 15) is 9.59 Å². The molecule has 19 heavy (non-hydrogen) atoms. The quantitative estimate of drug-likeness (QED) is 0.795. The third kappa shape index (κ3) is 3.48. The average molecular weight is 343 g/mol. The van der Waals surface area contributed by atoms with E-state index in [1.54, 1.807) is 0 Å². The number of carbonyl (C=O) groups is 2. The number of urea groups is 1. The maximum atomic E-state index is 11.6. The second-order valence-corrected chi connectivity index (χ2v) is 5.00. The third-order valence-corrected chi connectivity index (χ3v) is 3.30. The molecule has 0 fully saturated rings. The van der Waals surface area contributed by atoms with Gasteiger partial charge in [0.25, 0.3) is 0 Å². The van der Waals surface area contributed by atoms with Gasteiger partial charge in [0, 0.05) is 16.0 Å². The van der Waals surface area contributed by atoms with E-state index in [-0.39, 0.29) is 5.56 Å². The Bertz CT molecular complexity index is 617. The van der Waals surface area contributed by atoms with Crippen LogP contribution in [0.25, 0.3) is 0 Å². The minimum atomic E-state index is -1.03. The van der Waals surface area contributed by atoms with Crippen LogP contribution in [0.4, 0.5) is 15.5 Å². The lowest BCUT2D eigenvalue weighted by molar-refractivity contribution is 0.0697. The van der Waals surface area contributed by atoms with Crippen LogP contribution in [0.3, 0.4) is 0 Å². The van der Waals surface area contributed by atoms with Gasteiger partial charge in [-0.3, -0.25) is 5.32 Å². The molecule has 0 bridgehead atoms. The van der Waals surface area contributed by atoms with Gasteiger partial charge in [-0.25, -0.2) is 9.59 Å². The van der Waals surface area contributed by atoms with E-state index in [4.69, 9.17) is 5.11 Å². The molecule has 0 saturated carbocycles. The maximum absolute atomic E-state index is 11.6. The lowest BCUT2D eigenvalue weighted by Crippen LogP contribution is -2.19. The monoisotopic (exact) mass is 342 g/mol. The van der Waals surface area contributed by atoms with Crippen LogP contribution in [0.15, 0.2) is 28.9 Å². The van der Waals surface area contributed by atoms with Crippen molar-refractivity contribution in [1.29, 1.82) is 0 Å². The Morgan fingerprint density at radius 3 is 2.68 bits per heavy atom. The number of hydrogen-bond acceptors (Lipinski definition) is 5. The largest absolute Gasteiger partial charge is 0.478 e. The van der Waals surface area contributed by atoms with Crippen molar-refractivity contribution in [3.63, 3.8) is 0 Å². The molecule has 0 atom stereocenters. The molecule has 0 saturated heterocycles. The Kier molecular flexibility index (Phi) is 4.07. The Hall–Kier alpha value is -2.00. The molecule has 2 rings (SSSR count). The molecule has 9 heteroatoms. The first kappa shape index (κ1) is 13.4. The molecule has 98 valence electrons. The second-order valence-electron chi connectivity index (χ2n) is 3.36. The predicted octanol–water partition coefficient (Wildman–Crippen LogP) is 2.64. The standard InChI is InChI=1S/C10H7BrN4O3S/c11-6-3-5(9(16)17)1-2-7(6)13-10(18)14-8-4-12-15-19-8/h1-4H,(H,16,17)(H2,13,14,18). The maximum Gasteiger partial charge on any atom is 0.335 e. The highest BCUT2D eigenvalue weighted by molar-refractivity contribution is 9.10. The van der Waals surface area contributed by atoms with Gasteiger partial charge in [0.05, 0.1) is 17.4 Å². The number of aromatic nitrogens is 2. The molecule has 2 amide bonds. The Morgan fingerprint density at radius 1 is 1.32 bits per heavy atom. The fourth-order valence-corrected chi connectivity index (χ4v) is 2.13. The molecule has 1 heterocycles. The van der Waals surface area contributed by atoms with Gasteiger partial charge in [0.1, 0.15) is 5.00 Å². The van der Waals surface area contributed by atoms with Gasteiger partial charge < -0.3 is 10.4 Å². The second kappa shape index (κ2) is 5.76. The highest BCUT2D eigenvalue weighted by Gasteiger charge is 2.10. The van der Waals surface area contributed by atoms with E-state index in [2.05, 4.69) is 36.2 Å². The van der Waals surface area contributed by atoms with Gasteiger partial charge in [-0.15, -0.1) is 5.10 Å². The van der Waals surface area contributed by atoms with Crippen molar-refractivity contribution >= 4 is 50.2 Å². The summed E-state index contributed by atoms with van der Waals surface area (Å²) in [5.74, 6) is -1.03. The fraction of sp³-hybridized carbons (Fsp3) is 0. The van der Waals surface area contributed by atoms with E-state index in [0.29, 0.717) is 15.2 Å². The summed E-state index contributed by atoms with van der Waals surface area (Å²) in [6.45, 7) is 0. The lowest BCUT2D eigenvalue weighted by Gasteiger charge is -2.08. The van der Waals surface area contributed by atoms with Gasteiger partial charge >= 0.3 is 12.0 Å². The van der Waals surface area contributed by atoms with Crippen LogP contribution < -0.4 is 10.6 Å². The van der Waals surface area contributed by atoms with Crippen molar-refractivity contribution in [3.8, 4) is 0 Å². The number of carbonyl (C=O) groups excluding carboxylic acids is 1. The number of nitrogens with one attached hydrogen (secondary N) is 2. The predicted molar refractivity (Wildman–Crippen MR) is 73.7 cm³/mol. The number of carboxylic acid groups (broad SMARTS) is 1. The van der Waals surface area contributed by atoms with Crippen LogP contribution in [0, 0.1) is 0 Å². The summed E-state index contributed by atoms with van der Waals surface area (Å²) in [7, 11) is 0. The smallest absolute Gasteiger partial charge is 0.335 e. The summed E-state index contributed by atoms with van der Waals surface area (Å²) >= 11 is 4.24. The van der Waals surface area contributed by atoms with Gasteiger partial charge in [-0.1, -0.05) is 4.49 Å². The van der Waals surface area contributed by atoms with E-state index in [1.165, 1.54) is 24.4 Å². The number of halogens is 1. The first-order valence-corrected chi connectivity index (χ1v) is 6.51. The number of hydrogen-bond donors (Lipinski definition) is 3. The molecular formula is C10H7BrN4O3S. The van der Waals surface area contributed by atoms with Crippen molar-refractivity contribution in [3.05, 3.63) is 34.4 Å². The molecular weight excluding hydrogens is 336 g/mol. The molecule has 0 radical (unpaired) electrons. The van der Waals surface area contributed by atoms with Crippen LogP contribution >= 0.6 is 27.5 Å². The zero-order valence-corrected chi connectivity index (χ0v) is 11.7. The highest BCUT2D eigenvalue weighted by Crippen LogP contribution is 2.24. The molecule has 0 spiro atoms. The van der Waals surface area contributed by atoms with Gasteiger partial charge in [-0.2, -0.15) is 0 Å². The molecule has 0 unspecified atom stereocenters. The number of rotatable bonds is 3. The zero-order valence-electron chi connectivity index (χ0n) is 9.25. The number of amides is 2. The molecule has 0 aliphatic heterocycles. The highest BCUT2D eigenvalue weighted by atomic mass is 79.9. The van der Waals surface area contributed by atoms with Crippen LogP contribution in [0.1, 0.15) is 10.4 Å². The summed E-state index contributed by atoms with van der Waals surface area (Å²) < 4.78 is 4.08. The Balaban J connectivity index is 2.07. The molecule has 2 aromatic rings. The van der Waals surface area contributed by atoms with Crippen LogP contribution in [0.5, 0.6) is 0 Å².